The summed E-state index contributed by atoms with van der Waals surface area (Å²) in [5.74, 6) is -0.106. The van der Waals surface area contributed by atoms with E-state index in [1.54, 1.807) is 28.7 Å². The van der Waals surface area contributed by atoms with Gasteiger partial charge in [-0.3, -0.25) is 4.79 Å². The molecule has 5 nitrogen and oxygen atoms in total. The Kier molecular flexibility index (Phi) is 3.96. The fourth-order valence-electron chi connectivity index (χ4n) is 1.96. The quantitative estimate of drug-likeness (QED) is 0.802. The molecule has 3 rings (SSSR count). The number of hydrogen-bond acceptors (Lipinski definition) is 6. The Hall–Kier alpha value is -1.83. The third-order valence-electron chi connectivity index (χ3n) is 3.00. The highest BCUT2D eigenvalue weighted by atomic mass is 32.1. The monoisotopic (exact) mass is 318 g/mol. The molecule has 0 saturated carbocycles. The van der Waals surface area contributed by atoms with E-state index >= 15 is 0 Å². The third-order valence-corrected chi connectivity index (χ3v) is 4.90. The Morgan fingerprint density at radius 2 is 2.10 bits per heavy atom. The predicted molar refractivity (Wildman–Crippen MR) is 85.4 cm³/mol. The van der Waals surface area contributed by atoms with Gasteiger partial charge in [0.05, 0.1) is 16.8 Å². The van der Waals surface area contributed by atoms with E-state index in [-0.39, 0.29) is 5.91 Å². The van der Waals surface area contributed by atoms with Gasteiger partial charge in [0, 0.05) is 19.0 Å². The first kappa shape index (κ1) is 14.1. The second-order valence-corrected chi connectivity index (χ2v) is 6.63. The Bertz CT molecular complexity index is 747. The molecular weight excluding hydrogens is 304 g/mol. The predicted octanol–water partition coefficient (Wildman–Crippen LogP) is 2.48. The fourth-order valence-corrected chi connectivity index (χ4v) is 3.63. The molecule has 1 amide bonds. The molecule has 108 valence electrons. The topological polar surface area (TPSA) is 72.1 Å². The zero-order valence-electron chi connectivity index (χ0n) is 11.4. The van der Waals surface area contributed by atoms with Gasteiger partial charge < -0.3 is 10.6 Å². The van der Waals surface area contributed by atoms with Gasteiger partial charge in [0.15, 0.2) is 0 Å². The summed E-state index contributed by atoms with van der Waals surface area (Å²) < 4.78 is 1.13. The minimum absolute atomic E-state index is 0.106. The first-order valence-electron chi connectivity index (χ1n) is 6.42. The van der Waals surface area contributed by atoms with Crippen LogP contribution in [0.25, 0.3) is 10.2 Å². The highest BCUT2D eigenvalue weighted by molar-refractivity contribution is 7.18. The number of nitrogens with two attached hydrogens (primary N) is 1. The van der Waals surface area contributed by atoms with Crippen LogP contribution in [-0.2, 0) is 13.1 Å². The number of rotatable bonds is 4. The van der Waals surface area contributed by atoms with Crippen LogP contribution in [0.2, 0.25) is 0 Å². The Morgan fingerprint density at radius 3 is 2.81 bits per heavy atom. The summed E-state index contributed by atoms with van der Waals surface area (Å²) in [5, 5.41) is 3.44. The van der Waals surface area contributed by atoms with Crippen LogP contribution in [0.5, 0.6) is 0 Å². The first-order valence-corrected chi connectivity index (χ1v) is 8.11. The molecule has 0 atom stereocenters. The third kappa shape index (κ3) is 2.94. The average molecular weight is 318 g/mol. The number of carbonyl (C=O) groups excluding carboxylic acids is 1. The number of nitrogens with zero attached hydrogens (tertiary/aromatic N) is 3. The second kappa shape index (κ2) is 5.88. The van der Waals surface area contributed by atoms with E-state index in [0.29, 0.717) is 18.8 Å². The molecule has 0 aliphatic heterocycles. The van der Waals surface area contributed by atoms with Crippen LogP contribution in [0.4, 0.5) is 0 Å². The highest BCUT2D eigenvalue weighted by Gasteiger charge is 2.17. The van der Waals surface area contributed by atoms with Crippen molar-refractivity contribution in [3.8, 4) is 0 Å². The normalized spacial score (nSPS) is 11.0. The molecular formula is C14H14N4OS2. The van der Waals surface area contributed by atoms with Crippen molar-refractivity contribution in [2.45, 2.75) is 13.1 Å². The van der Waals surface area contributed by atoms with Crippen molar-refractivity contribution in [3.63, 3.8) is 0 Å². The van der Waals surface area contributed by atoms with Gasteiger partial charge in [0.2, 0.25) is 0 Å². The van der Waals surface area contributed by atoms with Gasteiger partial charge in [-0.05, 0) is 12.1 Å². The molecule has 21 heavy (non-hydrogen) atoms. The van der Waals surface area contributed by atoms with Crippen LogP contribution >= 0.6 is 22.7 Å². The summed E-state index contributed by atoms with van der Waals surface area (Å²) in [6.07, 6.45) is 0. The number of fused-ring (bicyclic) bond motifs is 1. The van der Waals surface area contributed by atoms with Crippen LogP contribution in [0.3, 0.4) is 0 Å². The molecule has 0 saturated heterocycles. The lowest BCUT2D eigenvalue weighted by atomic mass is 10.3. The van der Waals surface area contributed by atoms with Crippen molar-refractivity contribution in [3.05, 3.63) is 45.4 Å². The average Bonchev–Trinajstić information content (AvgIpc) is 3.12. The van der Waals surface area contributed by atoms with Crippen LogP contribution in [-0.4, -0.2) is 27.8 Å². The lowest BCUT2D eigenvalue weighted by molar-refractivity contribution is 0.0780. The standard InChI is InChI=1S/C14H14N4OS2/c1-18(14(19)10-8-20-12(6-15)17-10)7-13-16-9-4-2-3-5-11(9)21-13/h2-5,8H,6-7,15H2,1H3. The maximum Gasteiger partial charge on any atom is 0.273 e. The van der Waals surface area contributed by atoms with Gasteiger partial charge in [0.25, 0.3) is 5.91 Å². The van der Waals surface area contributed by atoms with E-state index < -0.39 is 0 Å². The zero-order valence-corrected chi connectivity index (χ0v) is 13.1. The Labute approximate surface area is 130 Å². The summed E-state index contributed by atoms with van der Waals surface area (Å²) in [5.41, 5.74) is 6.94. The van der Waals surface area contributed by atoms with E-state index in [4.69, 9.17) is 5.73 Å². The molecule has 0 aliphatic rings. The van der Waals surface area contributed by atoms with Gasteiger partial charge in [-0.2, -0.15) is 0 Å². The number of benzene rings is 1. The molecule has 1 aromatic carbocycles. The van der Waals surface area contributed by atoms with Gasteiger partial charge in [0.1, 0.15) is 15.7 Å². The maximum absolute atomic E-state index is 12.3. The lowest BCUT2D eigenvalue weighted by Crippen LogP contribution is -2.26. The van der Waals surface area contributed by atoms with Crippen molar-refractivity contribution in [1.82, 2.24) is 14.9 Å². The molecule has 2 heterocycles. The highest BCUT2D eigenvalue weighted by Crippen LogP contribution is 2.22. The molecule has 0 spiro atoms. The van der Waals surface area contributed by atoms with Gasteiger partial charge >= 0.3 is 0 Å². The van der Waals surface area contributed by atoms with Crippen LogP contribution < -0.4 is 5.73 Å². The maximum atomic E-state index is 12.3. The summed E-state index contributed by atoms with van der Waals surface area (Å²) in [7, 11) is 1.76. The van der Waals surface area contributed by atoms with E-state index in [9.17, 15) is 4.79 Å². The van der Waals surface area contributed by atoms with Crippen molar-refractivity contribution in [2.75, 3.05) is 7.05 Å². The minimum atomic E-state index is -0.106. The second-order valence-electron chi connectivity index (χ2n) is 4.57. The van der Waals surface area contributed by atoms with E-state index in [2.05, 4.69) is 9.97 Å². The molecule has 0 bridgehead atoms. The van der Waals surface area contributed by atoms with Crippen molar-refractivity contribution in [1.29, 1.82) is 0 Å². The van der Waals surface area contributed by atoms with Gasteiger partial charge in [-0.15, -0.1) is 22.7 Å². The molecule has 0 radical (unpaired) electrons. The van der Waals surface area contributed by atoms with Gasteiger partial charge in [-0.1, -0.05) is 12.1 Å². The number of aromatic nitrogens is 2. The molecule has 0 aliphatic carbocycles. The molecule has 0 unspecified atom stereocenters. The summed E-state index contributed by atoms with van der Waals surface area (Å²) in [6, 6.07) is 7.96. The van der Waals surface area contributed by atoms with Crippen LogP contribution in [0, 0.1) is 0 Å². The fraction of sp³-hybridized carbons (Fsp3) is 0.214. The molecule has 2 aromatic heterocycles. The van der Waals surface area contributed by atoms with E-state index in [1.807, 2.05) is 24.3 Å². The first-order chi connectivity index (χ1) is 10.2. The van der Waals surface area contributed by atoms with Crippen LogP contribution in [0.15, 0.2) is 29.6 Å². The number of para-hydroxylation sites is 1. The number of amides is 1. The summed E-state index contributed by atoms with van der Waals surface area (Å²) >= 11 is 3.01. The minimum Gasteiger partial charge on any atom is -0.334 e. The van der Waals surface area contributed by atoms with Crippen molar-refractivity contribution in [2.24, 2.45) is 5.73 Å². The summed E-state index contributed by atoms with van der Waals surface area (Å²) in [4.78, 5) is 22.7. The smallest absolute Gasteiger partial charge is 0.273 e. The van der Waals surface area contributed by atoms with E-state index in [1.165, 1.54) is 11.3 Å². The number of hydrogen-bond donors (Lipinski definition) is 1. The molecule has 7 heteroatoms. The Morgan fingerprint density at radius 1 is 1.29 bits per heavy atom. The van der Waals surface area contributed by atoms with Crippen molar-refractivity contribution < 1.29 is 4.79 Å². The SMILES string of the molecule is CN(Cc1nc2ccccc2s1)C(=O)c1csc(CN)n1. The Balaban J connectivity index is 1.75. The van der Waals surface area contributed by atoms with Gasteiger partial charge in [-0.25, -0.2) is 9.97 Å². The lowest BCUT2D eigenvalue weighted by Gasteiger charge is -2.13. The van der Waals surface area contributed by atoms with Crippen LogP contribution in [0.1, 0.15) is 20.5 Å². The summed E-state index contributed by atoms with van der Waals surface area (Å²) in [6.45, 7) is 0.840. The number of carbonyl (C=O) groups is 1. The van der Waals surface area contributed by atoms with E-state index in [0.717, 1.165) is 20.2 Å². The van der Waals surface area contributed by atoms with Crippen molar-refractivity contribution >= 4 is 38.8 Å². The molecule has 2 N–H and O–H groups in total. The largest absolute Gasteiger partial charge is 0.334 e. The molecule has 0 fully saturated rings. The zero-order chi connectivity index (χ0) is 14.8. The molecule has 3 aromatic rings. The number of thiazole rings is 2.